The van der Waals surface area contributed by atoms with E-state index in [1.807, 2.05) is 0 Å². The van der Waals surface area contributed by atoms with Gasteiger partial charge in [-0.05, 0) is 6.92 Å². The van der Waals surface area contributed by atoms with Gasteiger partial charge in [-0.25, -0.2) is 0 Å². The minimum atomic E-state index is -0.658. The lowest BCUT2D eigenvalue weighted by molar-refractivity contribution is -0.127. The Hall–Kier alpha value is -0.900. The fraction of sp³-hybridized carbons (Fsp3) is 0.778. The van der Waals surface area contributed by atoms with Crippen molar-refractivity contribution >= 4 is 11.7 Å². The van der Waals surface area contributed by atoms with Gasteiger partial charge in [-0.3, -0.25) is 9.59 Å². The second-order valence-electron chi connectivity index (χ2n) is 3.45. The van der Waals surface area contributed by atoms with Gasteiger partial charge in [-0.1, -0.05) is 13.8 Å². The first kappa shape index (κ1) is 12.1. The minimum absolute atomic E-state index is 0.000979. The molecule has 0 aromatic carbocycles. The van der Waals surface area contributed by atoms with Crippen LogP contribution in [0.3, 0.4) is 0 Å². The summed E-state index contributed by atoms with van der Waals surface area (Å²) in [6.07, 6.45) is -0.611. The van der Waals surface area contributed by atoms with Gasteiger partial charge in [-0.15, -0.1) is 0 Å². The Morgan fingerprint density at radius 1 is 1.31 bits per heavy atom. The number of Topliss-reactive ketones (excluding diaryl/α,β-unsaturated/α-hetero) is 1. The van der Waals surface area contributed by atoms with Crippen LogP contribution in [0.5, 0.6) is 0 Å². The van der Waals surface area contributed by atoms with Crippen molar-refractivity contribution in [1.29, 1.82) is 0 Å². The van der Waals surface area contributed by atoms with E-state index in [9.17, 15) is 9.59 Å². The Morgan fingerprint density at radius 2 is 1.85 bits per heavy atom. The summed E-state index contributed by atoms with van der Waals surface area (Å²) in [4.78, 5) is 22.0. The SMILES string of the molecule is CC(O)CC(=O)NCC(=O)C(C)C. The Kier molecular flexibility index (Phi) is 5.30. The Bertz CT molecular complexity index is 187. The van der Waals surface area contributed by atoms with Crippen LogP contribution in [0, 0.1) is 5.92 Å². The highest BCUT2D eigenvalue weighted by Crippen LogP contribution is 1.93. The molecular weight excluding hydrogens is 170 g/mol. The van der Waals surface area contributed by atoms with Crippen LogP contribution in [0.2, 0.25) is 0 Å². The summed E-state index contributed by atoms with van der Waals surface area (Å²) >= 11 is 0. The molecule has 1 atom stereocenters. The average molecular weight is 187 g/mol. The van der Waals surface area contributed by atoms with Crippen LogP contribution < -0.4 is 5.32 Å². The van der Waals surface area contributed by atoms with Crippen molar-refractivity contribution < 1.29 is 14.7 Å². The molecule has 0 aromatic heterocycles. The number of ketones is 1. The first-order valence-corrected chi connectivity index (χ1v) is 4.41. The maximum atomic E-state index is 11.1. The van der Waals surface area contributed by atoms with E-state index in [0.717, 1.165) is 0 Å². The molecule has 0 aromatic rings. The summed E-state index contributed by atoms with van der Waals surface area (Å²) in [6, 6.07) is 0. The summed E-state index contributed by atoms with van der Waals surface area (Å²) in [5, 5.41) is 11.3. The van der Waals surface area contributed by atoms with Gasteiger partial charge in [0.25, 0.3) is 0 Å². The fourth-order valence-electron chi connectivity index (χ4n) is 0.730. The van der Waals surface area contributed by atoms with Crippen LogP contribution in [-0.2, 0) is 9.59 Å². The summed E-state index contributed by atoms with van der Waals surface area (Å²) in [7, 11) is 0. The summed E-state index contributed by atoms with van der Waals surface area (Å²) in [5.41, 5.74) is 0. The van der Waals surface area contributed by atoms with Gasteiger partial charge in [0.1, 0.15) is 0 Å². The third-order valence-corrected chi connectivity index (χ3v) is 1.58. The highest BCUT2D eigenvalue weighted by atomic mass is 16.3. The van der Waals surface area contributed by atoms with Gasteiger partial charge in [0.05, 0.1) is 19.1 Å². The third kappa shape index (κ3) is 6.28. The number of hydrogen-bond donors (Lipinski definition) is 2. The van der Waals surface area contributed by atoms with Gasteiger partial charge in [0, 0.05) is 5.92 Å². The normalized spacial score (nSPS) is 12.7. The number of rotatable bonds is 5. The molecule has 0 aliphatic rings. The fourth-order valence-corrected chi connectivity index (χ4v) is 0.730. The van der Waals surface area contributed by atoms with E-state index in [4.69, 9.17) is 5.11 Å². The summed E-state index contributed by atoms with van der Waals surface area (Å²) in [6.45, 7) is 5.15. The maximum absolute atomic E-state index is 11.1. The van der Waals surface area contributed by atoms with Gasteiger partial charge in [0.2, 0.25) is 5.91 Å². The van der Waals surface area contributed by atoms with E-state index in [1.54, 1.807) is 13.8 Å². The lowest BCUT2D eigenvalue weighted by Crippen LogP contribution is -2.33. The van der Waals surface area contributed by atoms with Crippen molar-refractivity contribution in [2.24, 2.45) is 5.92 Å². The van der Waals surface area contributed by atoms with Gasteiger partial charge in [-0.2, -0.15) is 0 Å². The second-order valence-corrected chi connectivity index (χ2v) is 3.45. The van der Waals surface area contributed by atoms with Crippen molar-refractivity contribution in [1.82, 2.24) is 5.32 Å². The van der Waals surface area contributed by atoms with E-state index in [1.165, 1.54) is 6.92 Å². The molecule has 0 saturated heterocycles. The topological polar surface area (TPSA) is 66.4 Å². The zero-order valence-corrected chi connectivity index (χ0v) is 8.33. The molecule has 0 fully saturated rings. The van der Waals surface area contributed by atoms with E-state index in [0.29, 0.717) is 0 Å². The van der Waals surface area contributed by atoms with Crippen LogP contribution in [0.25, 0.3) is 0 Å². The number of carbonyl (C=O) groups excluding carboxylic acids is 2. The number of aliphatic hydroxyl groups excluding tert-OH is 1. The molecule has 0 heterocycles. The van der Waals surface area contributed by atoms with Crippen LogP contribution in [0.15, 0.2) is 0 Å². The minimum Gasteiger partial charge on any atom is -0.393 e. The van der Waals surface area contributed by atoms with Crippen molar-refractivity contribution in [2.45, 2.75) is 33.3 Å². The summed E-state index contributed by atoms with van der Waals surface area (Å²) < 4.78 is 0. The number of hydrogen-bond acceptors (Lipinski definition) is 3. The van der Waals surface area contributed by atoms with Crippen LogP contribution in [0.4, 0.5) is 0 Å². The molecule has 0 bridgehead atoms. The first-order chi connectivity index (χ1) is 5.93. The lowest BCUT2D eigenvalue weighted by atomic mass is 10.1. The predicted molar refractivity (Wildman–Crippen MR) is 49.2 cm³/mol. The van der Waals surface area contributed by atoms with Crippen molar-refractivity contribution in [3.8, 4) is 0 Å². The zero-order valence-electron chi connectivity index (χ0n) is 8.33. The third-order valence-electron chi connectivity index (χ3n) is 1.58. The number of aliphatic hydroxyl groups is 1. The Morgan fingerprint density at radius 3 is 2.23 bits per heavy atom. The first-order valence-electron chi connectivity index (χ1n) is 4.41. The zero-order chi connectivity index (χ0) is 10.4. The molecule has 0 saturated carbocycles. The number of amides is 1. The molecule has 0 rings (SSSR count). The van der Waals surface area contributed by atoms with Gasteiger partial charge in [0.15, 0.2) is 5.78 Å². The standard InChI is InChI=1S/C9H17NO3/c1-6(2)8(12)5-10-9(13)4-7(3)11/h6-7,11H,4-5H2,1-3H3,(H,10,13). The number of nitrogens with one attached hydrogen (secondary N) is 1. The molecule has 1 amide bonds. The Labute approximate surface area is 78.3 Å². The van der Waals surface area contributed by atoms with Crippen molar-refractivity contribution in [3.05, 3.63) is 0 Å². The monoisotopic (exact) mass is 187 g/mol. The van der Waals surface area contributed by atoms with Gasteiger partial charge >= 0.3 is 0 Å². The van der Waals surface area contributed by atoms with Crippen LogP contribution >= 0.6 is 0 Å². The van der Waals surface area contributed by atoms with Crippen molar-refractivity contribution in [2.75, 3.05) is 6.54 Å². The highest BCUT2D eigenvalue weighted by Gasteiger charge is 2.10. The van der Waals surface area contributed by atoms with E-state index < -0.39 is 6.10 Å². The molecule has 0 aliphatic carbocycles. The van der Waals surface area contributed by atoms with E-state index in [-0.39, 0.29) is 30.6 Å². The van der Waals surface area contributed by atoms with Gasteiger partial charge < -0.3 is 10.4 Å². The molecule has 0 aliphatic heterocycles. The molecule has 4 heteroatoms. The average Bonchev–Trinajstić information content (AvgIpc) is 1.98. The molecule has 13 heavy (non-hydrogen) atoms. The number of carbonyl (C=O) groups is 2. The highest BCUT2D eigenvalue weighted by molar-refractivity contribution is 5.87. The van der Waals surface area contributed by atoms with Crippen LogP contribution in [-0.4, -0.2) is 29.4 Å². The van der Waals surface area contributed by atoms with Crippen molar-refractivity contribution in [3.63, 3.8) is 0 Å². The van der Waals surface area contributed by atoms with Crippen LogP contribution in [0.1, 0.15) is 27.2 Å². The summed E-state index contributed by atoms with van der Waals surface area (Å²) in [5.74, 6) is -0.352. The molecule has 4 nitrogen and oxygen atoms in total. The predicted octanol–water partition coefficient (Wildman–Crippen LogP) is 0.0986. The largest absolute Gasteiger partial charge is 0.393 e. The smallest absolute Gasteiger partial charge is 0.222 e. The molecular formula is C9H17NO3. The molecule has 2 N–H and O–H groups in total. The molecule has 76 valence electrons. The van der Waals surface area contributed by atoms with E-state index in [2.05, 4.69) is 5.32 Å². The lowest BCUT2D eigenvalue weighted by Gasteiger charge is -2.07. The molecule has 0 radical (unpaired) electrons. The quantitative estimate of drug-likeness (QED) is 0.641. The van der Waals surface area contributed by atoms with E-state index >= 15 is 0 Å². The Balaban J connectivity index is 3.64. The second kappa shape index (κ2) is 5.70. The maximum Gasteiger partial charge on any atom is 0.222 e. The molecule has 0 spiro atoms. The molecule has 1 unspecified atom stereocenters.